The van der Waals surface area contributed by atoms with E-state index in [-0.39, 0.29) is 47.4 Å². The van der Waals surface area contributed by atoms with Crippen molar-refractivity contribution in [2.45, 2.75) is 103 Å². The molecule has 2 aromatic rings. The van der Waals surface area contributed by atoms with E-state index >= 15 is 0 Å². The highest BCUT2D eigenvalue weighted by atomic mass is 32.2. The fourth-order valence-corrected chi connectivity index (χ4v) is 9.09. The number of aliphatic hydroxyl groups is 2. The lowest BCUT2D eigenvalue weighted by Gasteiger charge is -2.30. The Morgan fingerprint density at radius 1 is 0.967 bits per heavy atom. The minimum absolute atomic E-state index is 0.0268. The van der Waals surface area contributed by atoms with Gasteiger partial charge in [-0.25, -0.2) is 28.6 Å². The molecule has 340 valence electrons. The minimum atomic E-state index is -5.58. The van der Waals surface area contributed by atoms with Gasteiger partial charge in [-0.1, -0.05) is 39.0 Å². The van der Waals surface area contributed by atoms with Crippen LogP contribution in [0.1, 0.15) is 78.4 Å². The number of rotatable bonds is 27. The third-order valence-corrected chi connectivity index (χ3v) is 12.7. The number of phosphoric acid groups is 3. The van der Waals surface area contributed by atoms with Gasteiger partial charge in [0.15, 0.2) is 22.8 Å². The summed E-state index contributed by atoms with van der Waals surface area (Å²) >= 11 is 1.08. The summed E-state index contributed by atoms with van der Waals surface area (Å²) < 4.78 is 62.2. The lowest BCUT2D eigenvalue weighted by Crippen LogP contribution is -2.46. The van der Waals surface area contributed by atoms with Gasteiger partial charge in [-0.05, 0) is 19.3 Å². The first kappa shape index (κ1) is 51.6. The van der Waals surface area contributed by atoms with Crippen LogP contribution in [0.2, 0.25) is 0 Å². The fraction of sp³-hybridized carbons (Fsp3) is 0.710. The van der Waals surface area contributed by atoms with Gasteiger partial charge in [0.05, 0.1) is 19.5 Å². The lowest BCUT2D eigenvalue weighted by atomic mass is 9.87. The molecule has 2 aromatic heterocycles. The number of nitrogens with two attached hydrogens (primary N) is 1. The normalized spacial score (nSPS) is 20.9. The molecule has 10 N–H and O–H groups in total. The largest absolute Gasteiger partial charge is 0.481 e. The number of hydrogen-bond donors (Lipinski definition) is 9. The number of ether oxygens (including phenoxy) is 1. The molecule has 2 unspecified atom stereocenters. The van der Waals surface area contributed by atoms with Crippen LogP contribution in [0.4, 0.5) is 5.82 Å². The molecule has 1 fully saturated rings. The number of fused-ring (bicyclic) bond motifs is 1. The minimum Gasteiger partial charge on any atom is -0.386 e. The standard InChI is InChI=1S/C31H52N7O18P3S/c1-4-8-19(39)9-6-5-7-10-22(41)60-14-13-33-21(40)11-12-34-29(44)26(43)31(2,3)16-53-59(50,51)56-58(48,49)52-15-20-25(55-57(45,46)47)24(42)30(54-20)38-18-37-23-27(32)35-17-36-28(23)38/h17-18,20,24-26,30,42-43H,4-16H2,1-3H3,(H,33,40)(H,34,44)(H,48,49)(H,50,51)(H2,32,35,36)(H2,45,46,47)/t20-,24-,25-,26+,30-/m1/s1. The van der Waals surface area contributed by atoms with Crippen molar-refractivity contribution in [3.8, 4) is 0 Å². The van der Waals surface area contributed by atoms with Gasteiger partial charge in [-0.3, -0.25) is 37.3 Å². The SMILES string of the molecule is CCCC(=O)CCCCCC(=O)SCCNC(=O)CCNC(=O)[C@H](O)C(C)(C)COP(=O)(O)OP(=O)(O)OC[C@H]1O[C@@H](n2cnc3c(N)ncnc32)[C@H](O)[C@@H]1OP(=O)(O)O. The Hall–Kier alpha value is -2.77. The molecule has 60 heavy (non-hydrogen) atoms. The second-order valence-electron chi connectivity index (χ2n) is 14.1. The maximum absolute atomic E-state index is 12.7. The molecule has 29 heteroatoms. The zero-order chi connectivity index (χ0) is 44.9. The predicted octanol–water partition coefficient (Wildman–Crippen LogP) is 0.984. The van der Waals surface area contributed by atoms with E-state index in [0.29, 0.717) is 31.4 Å². The highest BCUT2D eigenvalue weighted by Crippen LogP contribution is 2.61. The molecule has 3 heterocycles. The average molecular weight is 936 g/mol. The van der Waals surface area contributed by atoms with Gasteiger partial charge < -0.3 is 50.9 Å². The summed E-state index contributed by atoms with van der Waals surface area (Å²) in [4.78, 5) is 99.4. The van der Waals surface area contributed by atoms with Crippen molar-refractivity contribution in [1.82, 2.24) is 30.2 Å². The van der Waals surface area contributed by atoms with Crippen LogP contribution in [0, 0.1) is 5.41 Å². The van der Waals surface area contributed by atoms with E-state index in [9.17, 15) is 62.7 Å². The van der Waals surface area contributed by atoms with Gasteiger partial charge >= 0.3 is 23.5 Å². The average Bonchev–Trinajstić information content (AvgIpc) is 3.71. The summed E-state index contributed by atoms with van der Waals surface area (Å²) in [6.07, 6.45) is -2.48. The van der Waals surface area contributed by atoms with Crippen molar-refractivity contribution in [2.24, 2.45) is 5.41 Å². The van der Waals surface area contributed by atoms with Crippen molar-refractivity contribution >= 4 is 74.9 Å². The maximum Gasteiger partial charge on any atom is 0.481 e. The molecule has 0 aromatic carbocycles. The van der Waals surface area contributed by atoms with Crippen molar-refractivity contribution in [3.05, 3.63) is 12.7 Å². The number of carbonyl (C=O) groups excluding carboxylic acids is 4. The van der Waals surface area contributed by atoms with Crippen molar-refractivity contribution in [1.29, 1.82) is 0 Å². The Morgan fingerprint density at radius 3 is 2.33 bits per heavy atom. The molecule has 0 bridgehead atoms. The van der Waals surface area contributed by atoms with Gasteiger partial charge in [0.25, 0.3) is 0 Å². The second kappa shape index (κ2) is 23.1. The van der Waals surface area contributed by atoms with Crippen LogP contribution < -0.4 is 16.4 Å². The summed E-state index contributed by atoms with van der Waals surface area (Å²) in [6.45, 7) is 2.40. The number of carbonyl (C=O) groups is 4. The smallest absolute Gasteiger partial charge is 0.386 e. The highest BCUT2D eigenvalue weighted by molar-refractivity contribution is 8.13. The van der Waals surface area contributed by atoms with Gasteiger partial charge in [-0.2, -0.15) is 4.31 Å². The van der Waals surface area contributed by atoms with Gasteiger partial charge in [0, 0.05) is 49.9 Å². The molecule has 2 amide bonds. The Balaban J connectivity index is 1.41. The number of anilines is 1. The van der Waals surface area contributed by atoms with Crippen molar-refractivity contribution < 1.29 is 85.3 Å². The van der Waals surface area contributed by atoms with Crippen LogP contribution in [-0.4, -0.2) is 128 Å². The molecule has 0 radical (unpaired) electrons. The molecule has 0 saturated carbocycles. The number of unbranched alkanes of at least 4 members (excludes halogenated alkanes) is 2. The monoisotopic (exact) mass is 935 g/mol. The van der Waals surface area contributed by atoms with E-state index in [0.717, 1.165) is 48.2 Å². The van der Waals surface area contributed by atoms with E-state index in [1.54, 1.807) is 0 Å². The van der Waals surface area contributed by atoms with Crippen LogP contribution in [-0.2, 0) is 55.5 Å². The van der Waals surface area contributed by atoms with Crippen LogP contribution >= 0.6 is 35.2 Å². The number of ketones is 1. The summed E-state index contributed by atoms with van der Waals surface area (Å²) in [5, 5.41) is 26.4. The third-order valence-electron chi connectivity index (χ3n) is 8.63. The van der Waals surface area contributed by atoms with E-state index in [1.807, 2.05) is 6.92 Å². The zero-order valence-corrected chi connectivity index (χ0v) is 36.4. The summed E-state index contributed by atoms with van der Waals surface area (Å²) in [7, 11) is -16.4. The van der Waals surface area contributed by atoms with Gasteiger partial charge in [0.2, 0.25) is 11.8 Å². The van der Waals surface area contributed by atoms with Crippen LogP contribution in [0.15, 0.2) is 12.7 Å². The molecule has 1 saturated heterocycles. The third kappa shape index (κ3) is 16.8. The molecule has 0 aliphatic carbocycles. The number of aromatic nitrogens is 4. The number of phosphoric ester groups is 3. The zero-order valence-electron chi connectivity index (χ0n) is 32.9. The number of Topliss-reactive ketones (excluding diaryl/α,β-unsaturated/α-hetero) is 1. The van der Waals surface area contributed by atoms with Gasteiger partial charge in [-0.15, -0.1) is 0 Å². The molecule has 1 aliphatic heterocycles. The lowest BCUT2D eigenvalue weighted by molar-refractivity contribution is -0.137. The highest BCUT2D eigenvalue weighted by Gasteiger charge is 2.50. The Kier molecular flexibility index (Phi) is 19.8. The van der Waals surface area contributed by atoms with E-state index in [4.69, 9.17) is 19.5 Å². The Morgan fingerprint density at radius 2 is 1.65 bits per heavy atom. The number of nitrogen functional groups attached to an aromatic ring is 1. The maximum atomic E-state index is 12.7. The van der Waals surface area contributed by atoms with Crippen molar-refractivity contribution in [3.63, 3.8) is 0 Å². The first-order chi connectivity index (χ1) is 27.9. The van der Waals surface area contributed by atoms with E-state index in [1.165, 1.54) is 13.8 Å². The number of hydrogen-bond acceptors (Lipinski definition) is 19. The molecule has 0 spiro atoms. The summed E-state index contributed by atoms with van der Waals surface area (Å²) in [5.74, 6) is -0.914. The van der Waals surface area contributed by atoms with Crippen LogP contribution in [0.25, 0.3) is 11.2 Å². The van der Waals surface area contributed by atoms with Crippen LogP contribution in [0.3, 0.4) is 0 Å². The summed E-state index contributed by atoms with van der Waals surface area (Å²) in [5.41, 5.74) is 4.25. The molecule has 25 nitrogen and oxygen atoms in total. The number of thioether (sulfide) groups is 1. The number of imidazole rings is 1. The summed E-state index contributed by atoms with van der Waals surface area (Å²) in [6, 6.07) is 0. The first-order valence-electron chi connectivity index (χ1n) is 18.5. The second-order valence-corrected chi connectivity index (χ2v) is 19.5. The quantitative estimate of drug-likeness (QED) is 0.0445. The predicted molar refractivity (Wildman–Crippen MR) is 210 cm³/mol. The van der Waals surface area contributed by atoms with Crippen molar-refractivity contribution in [2.75, 3.05) is 37.8 Å². The molecule has 1 aliphatic rings. The Labute approximate surface area is 348 Å². The molecule has 3 rings (SSSR count). The van der Waals surface area contributed by atoms with E-state index < -0.39 is 84.6 Å². The van der Waals surface area contributed by atoms with Gasteiger partial charge in [0.1, 0.15) is 42.0 Å². The Bertz CT molecular complexity index is 1940. The first-order valence-corrected chi connectivity index (χ1v) is 24.0. The van der Waals surface area contributed by atoms with E-state index in [2.05, 4.69) is 34.4 Å². The fourth-order valence-electron chi connectivity index (χ4n) is 5.54. The number of amides is 2. The number of nitrogens with one attached hydrogen (secondary N) is 2. The topological polar surface area (TPSA) is 381 Å². The number of aliphatic hydroxyl groups excluding tert-OH is 2. The van der Waals surface area contributed by atoms with Crippen LogP contribution in [0.5, 0.6) is 0 Å². The number of nitrogens with zero attached hydrogens (tertiary/aromatic N) is 4. The molecular formula is C31H52N7O18P3S. The molecular weight excluding hydrogens is 883 g/mol. The molecule has 7 atom stereocenters.